The van der Waals surface area contributed by atoms with Crippen LogP contribution in [0.3, 0.4) is 0 Å². The molecular formula is C14H26Si2. The third-order valence-electron chi connectivity index (χ3n) is 3.27. The first kappa shape index (κ1) is 13.7. The maximum atomic E-state index is 2.47. The fourth-order valence-corrected chi connectivity index (χ4v) is 4.64. The zero-order valence-electron chi connectivity index (χ0n) is 11.6. The summed E-state index contributed by atoms with van der Waals surface area (Å²) in [4.78, 5) is 0. The smallest absolute Gasteiger partial charge is 0.0557 e. The summed E-state index contributed by atoms with van der Waals surface area (Å²) >= 11 is 0. The van der Waals surface area contributed by atoms with Crippen molar-refractivity contribution in [2.45, 2.75) is 50.4 Å². The molecule has 0 radical (unpaired) electrons. The Hall–Kier alpha value is -0.346. The van der Waals surface area contributed by atoms with Crippen LogP contribution in [0.15, 0.2) is 36.5 Å². The summed E-state index contributed by atoms with van der Waals surface area (Å²) in [6.45, 7) is 14.7. The highest BCUT2D eigenvalue weighted by molar-refractivity contribution is 6.79. The molecule has 0 aliphatic heterocycles. The lowest BCUT2D eigenvalue weighted by atomic mass is 10.2. The van der Waals surface area contributed by atoms with Gasteiger partial charge in [-0.2, -0.15) is 0 Å². The minimum atomic E-state index is -1.09. The fraction of sp³-hybridized carbons (Fsp3) is 0.571. The Bertz CT molecular complexity index is 279. The molecule has 2 unspecified atom stereocenters. The first-order valence-electron chi connectivity index (χ1n) is 6.24. The van der Waals surface area contributed by atoms with Gasteiger partial charge in [-0.15, -0.1) is 0 Å². The molecule has 0 nitrogen and oxygen atoms in total. The van der Waals surface area contributed by atoms with Crippen molar-refractivity contribution < 1.29 is 0 Å². The lowest BCUT2D eigenvalue weighted by Gasteiger charge is -2.27. The normalized spacial score (nSPS) is 32.6. The lowest BCUT2D eigenvalue weighted by Crippen LogP contribution is -2.28. The molecule has 90 valence electrons. The van der Waals surface area contributed by atoms with E-state index in [2.05, 4.69) is 75.7 Å². The molecule has 0 aromatic rings. The van der Waals surface area contributed by atoms with E-state index in [0.717, 1.165) is 0 Å². The summed E-state index contributed by atoms with van der Waals surface area (Å²) in [5.41, 5.74) is 1.38. The van der Waals surface area contributed by atoms with Crippen molar-refractivity contribution in [3.63, 3.8) is 0 Å². The van der Waals surface area contributed by atoms with Crippen LogP contribution in [0.5, 0.6) is 0 Å². The van der Waals surface area contributed by atoms with Gasteiger partial charge in [0.25, 0.3) is 0 Å². The van der Waals surface area contributed by atoms with Gasteiger partial charge in [0, 0.05) is 0 Å². The van der Waals surface area contributed by atoms with Crippen LogP contribution in [0, 0.1) is 0 Å². The fourth-order valence-electron chi connectivity index (χ4n) is 1.89. The SMILES string of the molecule is C[Si](C)(C)C1/C=C\C=C/C([Si](C)(C)C)/C=C\1. The molecule has 0 aromatic heterocycles. The van der Waals surface area contributed by atoms with Crippen LogP contribution in [0.2, 0.25) is 50.4 Å². The average Bonchev–Trinajstić information content (AvgIpc) is 1.96. The molecule has 16 heavy (non-hydrogen) atoms. The lowest BCUT2D eigenvalue weighted by molar-refractivity contribution is 1.18. The van der Waals surface area contributed by atoms with Gasteiger partial charge in [0.1, 0.15) is 0 Å². The highest BCUT2D eigenvalue weighted by atomic mass is 28.3. The van der Waals surface area contributed by atoms with Crippen molar-refractivity contribution in [3.8, 4) is 0 Å². The third kappa shape index (κ3) is 3.91. The monoisotopic (exact) mass is 250 g/mol. The summed E-state index contributed by atoms with van der Waals surface area (Å²) in [7, 11) is -2.18. The molecule has 1 aliphatic rings. The van der Waals surface area contributed by atoms with E-state index in [4.69, 9.17) is 0 Å². The molecule has 0 saturated heterocycles. The second-order valence-electron chi connectivity index (χ2n) is 6.94. The van der Waals surface area contributed by atoms with Crippen LogP contribution in [0.1, 0.15) is 0 Å². The van der Waals surface area contributed by atoms with E-state index in [0.29, 0.717) is 11.1 Å². The van der Waals surface area contributed by atoms with Crippen LogP contribution in [-0.4, -0.2) is 16.1 Å². The van der Waals surface area contributed by atoms with E-state index in [9.17, 15) is 0 Å². The Balaban J connectivity index is 2.94. The highest BCUT2D eigenvalue weighted by Gasteiger charge is 2.25. The zero-order chi connectivity index (χ0) is 12.4. The van der Waals surface area contributed by atoms with Crippen molar-refractivity contribution in [2.75, 3.05) is 0 Å². The molecule has 0 fully saturated rings. The number of allylic oxidation sites excluding steroid dienone is 6. The Morgan fingerprint density at radius 3 is 1.12 bits per heavy atom. The second-order valence-corrected chi connectivity index (χ2v) is 17.7. The van der Waals surface area contributed by atoms with Crippen LogP contribution in [-0.2, 0) is 0 Å². The Labute approximate surface area is 103 Å². The van der Waals surface area contributed by atoms with Gasteiger partial charge in [-0.1, -0.05) is 75.7 Å². The minimum absolute atomic E-state index is 0.691. The largest absolute Gasteiger partial charge is 0.0840 e. The Morgan fingerprint density at radius 2 is 0.875 bits per heavy atom. The molecule has 0 aromatic carbocycles. The van der Waals surface area contributed by atoms with Crippen molar-refractivity contribution in [1.82, 2.24) is 0 Å². The third-order valence-corrected chi connectivity index (χ3v) is 8.04. The minimum Gasteiger partial charge on any atom is -0.0840 e. The molecule has 1 aliphatic carbocycles. The summed E-state index contributed by atoms with van der Waals surface area (Å²) in [6.07, 6.45) is 14.2. The van der Waals surface area contributed by atoms with Gasteiger partial charge in [-0.05, 0) is 11.1 Å². The molecule has 0 N–H and O–H groups in total. The topological polar surface area (TPSA) is 0 Å². The molecule has 2 atom stereocenters. The summed E-state index contributed by atoms with van der Waals surface area (Å²) in [5.74, 6) is 0. The maximum absolute atomic E-state index is 2.47. The molecule has 0 amide bonds. The van der Waals surface area contributed by atoms with Crippen molar-refractivity contribution in [1.29, 1.82) is 0 Å². The van der Waals surface area contributed by atoms with Gasteiger partial charge in [-0.25, -0.2) is 0 Å². The van der Waals surface area contributed by atoms with Crippen LogP contribution in [0.4, 0.5) is 0 Å². The van der Waals surface area contributed by atoms with E-state index in [-0.39, 0.29) is 0 Å². The van der Waals surface area contributed by atoms with E-state index >= 15 is 0 Å². The van der Waals surface area contributed by atoms with Gasteiger partial charge < -0.3 is 0 Å². The summed E-state index contributed by atoms with van der Waals surface area (Å²) in [5, 5.41) is 0. The first-order valence-corrected chi connectivity index (χ1v) is 13.4. The molecule has 2 heteroatoms. The van der Waals surface area contributed by atoms with Gasteiger partial charge in [0.2, 0.25) is 0 Å². The highest BCUT2D eigenvalue weighted by Crippen LogP contribution is 2.31. The van der Waals surface area contributed by atoms with Crippen molar-refractivity contribution >= 4 is 16.1 Å². The summed E-state index contributed by atoms with van der Waals surface area (Å²) in [6, 6.07) is 0. The van der Waals surface area contributed by atoms with Crippen molar-refractivity contribution in [3.05, 3.63) is 36.5 Å². The maximum Gasteiger partial charge on any atom is 0.0557 e. The first-order chi connectivity index (χ1) is 7.21. The molecule has 0 heterocycles. The Kier molecular flexibility index (Phi) is 4.19. The van der Waals surface area contributed by atoms with Crippen LogP contribution < -0.4 is 0 Å². The zero-order valence-corrected chi connectivity index (χ0v) is 13.6. The molecular weight excluding hydrogens is 224 g/mol. The molecule has 1 rings (SSSR count). The van der Waals surface area contributed by atoms with Gasteiger partial charge >= 0.3 is 0 Å². The standard InChI is InChI=1S/C14H26Si2/c1-15(2,3)13-9-7-8-10-14(12-11-13)16(4,5)6/h7-14H,1-6H3/b9-7-,10-8-,12-11-. The molecule has 0 bridgehead atoms. The second kappa shape index (κ2) is 4.88. The van der Waals surface area contributed by atoms with E-state index in [1.807, 2.05) is 0 Å². The van der Waals surface area contributed by atoms with E-state index in [1.165, 1.54) is 0 Å². The molecule has 0 spiro atoms. The van der Waals surface area contributed by atoms with Crippen molar-refractivity contribution in [2.24, 2.45) is 0 Å². The van der Waals surface area contributed by atoms with E-state index in [1.54, 1.807) is 0 Å². The molecule has 0 saturated carbocycles. The predicted molar refractivity (Wildman–Crippen MR) is 81.6 cm³/mol. The predicted octanol–water partition coefficient (Wildman–Crippen LogP) is 5.09. The van der Waals surface area contributed by atoms with Crippen LogP contribution >= 0.6 is 0 Å². The number of hydrogen-bond acceptors (Lipinski definition) is 0. The van der Waals surface area contributed by atoms with Gasteiger partial charge in [0.05, 0.1) is 16.1 Å². The Morgan fingerprint density at radius 1 is 0.562 bits per heavy atom. The summed E-state index contributed by atoms with van der Waals surface area (Å²) < 4.78 is 0. The van der Waals surface area contributed by atoms with Gasteiger partial charge in [-0.3, -0.25) is 0 Å². The van der Waals surface area contributed by atoms with Crippen LogP contribution in [0.25, 0.3) is 0 Å². The van der Waals surface area contributed by atoms with E-state index < -0.39 is 16.1 Å². The number of rotatable bonds is 2. The van der Waals surface area contributed by atoms with Gasteiger partial charge in [0.15, 0.2) is 0 Å². The quantitative estimate of drug-likeness (QED) is 0.473. The number of hydrogen-bond donors (Lipinski definition) is 0. The average molecular weight is 251 g/mol.